The highest BCUT2D eigenvalue weighted by atomic mass is 16.5. The molecule has 1 N–H and O–H groups in total. The topological polar surface area (TPSA) is 77.1 Å². The maximum Gasteiger partial charge on any atom is 0.267 e. The molecule has 0 spiro atoms. The van der Waals surface area contributed by atoms with Crippen molar-refractivity contribution >= 4 is 23.2 Å². The number of amides is 2. The molecule has 7 nitrogen and oxygen atoms in total. The predicted molar refractivity (Wildman–Crippen MR) is 127 cm³/mol. The van der Waals surface area contributed by atoms with Gasteiger partial charge >= 0.3 is 0 Å². The molecule has 4 rings (SSSR count). The first-order valence-corrected chi connectivity index (χ1v) is 10.7. The average Bonchev–Trinajstić information content (AvgIpc) is 2.84. The van der Waals surface area contributed by atoms with Gasteiger partial charge in [0.25, 0.3) is 11.8 Å². The number of carbonyl (C=O) groups excluding carboxylic acids is 2. The smallest absolute Gasteiger partial charge is 0.267 e. The van der Waals surface area contributed by atoms with Gasteiger partial charge in [-0.3, -0.25) is 9.59 Å². The first-order valence-electron chi connectivity index (χ1n) is 10.7. The third-order valence-electron chi connectivity index (χ3n) is 5.54. The van der Waals surface area contributed by atoms with E-state index in [1.807, 2.05) is 30.3 Å². The van der Waals surface area contributed by atoms with Gasteiger partial charge in [-0.15, -0.1) is 0 Å². The molecule has 2 amide bonds. The van der Waals surface area contributed by atoms with Gasteiger partial charge in [0.2, 0.25) is 0 Å². The van der Waals surface area contributed by atoms with E-state index >= 15 is 0 Å². The Labute approximate surface area is 192 Å². The molecule has 7 heteroatoms. The van der Waals surface area contributed by atoms with Gasteiger partial charge in [0, 0.05) is 17.8 Å². The standard InChI is InChI=1S/C26H26N2O5/c1-17-26(30)28(14-13-18-7-5-4-6-8-18)21-16-20(10-12-22(21)33-17)27-25(29)19-9-11-23(31-2)24(15-19)32-3/h4-12,15-17H,13-14H2,1-3H3,(H,27,29). The van der Waals surface area contributed by atoms with E-state index in [0.29, 0.717) is 47.2 Å². The first kappa shape index (κ1) is 22.2. The van der Waals surface area contributed by atoms with Crippen LogP contribution in [0.2, 0.25) is 0 Å². The largest absolute Gasteiger partial charge is 0.493 e. The van der Waals surface area contributed by atoms with Crippen LogP contribution in [0.25, 0.3) is 0 Å². The number of nitrogens with one attached hydrogen (secondary N) is 1. The number of benzene rings is 3. The lowest BCUT2D eigenvalue weighted by molar-refractivity contribution is -0.125. The summed E-state index contributed by atoms with van der Waals surface area (Å²) >= 11 is 0. The maximum absolute atomic E-state index is 12.9. The van der Waals surface area contributed by atoms with Crippen LogP contribution in [0.4, 0.5) is 11.4 Å². The van der Waals surface area contributed by atoms with E-state index in [2.05, 4.69) is 5.32 Å². The highest BCUT2D eigenvalue weighted by Gasteiger charge is 2.31. The summed E-state index contributed by atoms with van der Waals surface area (Å²) in [6.07, 6.45) is 0.140. The van der Waals surface area contributed by atoms with Gasteiger partial charge < -0.3 is 24.4 Å². The number of anilines is 2. The van der Waals surface area contributed by atoms with Gasteiger partial charge in [-0.1, -0.05) is 30.3 Å². The van der Waals surface area contributed by atoms with Crippen LogP contribution in [0.5, 0.6) is 17.2 Å². The van der Waals surface area contributed by atoms with Gasteiger partial charge in [-0.25, -0.2) is 0 Å². The molecule has 3 aromatic rings. The molecule has 1 unspecified atom stereocenters. The second kappa shape index (κ2) is 9.65. The monoisotopic (exact) mass is 446 g/mol. The minimum absolute atomic E-state index is 0.109. The van der Waals surface area contributed by atoms with Crippen molar-refractivity contribution in [1.29, 1.82) is 0 Å². The molecule has 0 radical (unpaired) electrons. The van der Waals surface area contributed by atoms with E-state index < -0.39 is 6.10 Å². The van der Waals surface area contributed by atoms with Crippen LogP contribution in [-0.2, 0) is 11.2 Å². The van der Waals surface area contributed by atoms with Crippen LogP contribution in [0.15, 0.2) is 66.7 Å². The van der Waals surface area contributed by atoms with Crippen LogP contribution in [0.1, 0.15) is 22.8 Å². The number of fused-ring (bicyclic) bond motifs is 1. The first-order chi connectivity index (χ1) is 16.0. The van der Waals surface area contributed by atoms with Crippen molar-refractivity contribution in [2.45, 2.75) is 19.4 Å². The average molecular weight is 447 g/mol. The van der Waals surface area contributed by atoms with Crippen molar-refractivity contribution in [1.82, 2.24) is 0 Å². The number of nitrogens with zero attached hydrogens (tertiary/aromatic N) is 1. The van der Waals surface area contributed by atoms with Gasteiger partial charge in [0.15, 0.2) is 17.6 Å². The van der Waals surface area contributed by atoms with Crippen molar-refractivity contribution in [2.75, 3.05) is 31.0 Å². The summed E-state index contributed by atoms with van der Waals surface area (Å²) in [7, 11) is 3.06. The van der Waals surface area contributed by atoms with Crippen molar-refractivity contribution < 1.29 is 23.8 Å². The van der Waals surface area contributed by atoms with Gasteiger partial charge in [0.05, 0.1) is 19.9 Å². The van der Waals surface area contributed by atoms with Gasteiger partial charge in [-0.05, 0) is 55.3 Å². The normalized spacial score (nSPS) is 14.8. The molecule has 1 heterocycles. The van der Waals surface area contributed by atoms with Crippen molar-refractivity contribution in [3.63, 3.8) is 0 Å². The summed E-state index contributed by atoms with van der Waals surface area (Å²) in [6.45, 7) is 2.25. The fourth-order valence-electron chi connectivity index (χ4n) is 3.78. The molecule has 0 bridgehead atoms. The minimum Gasteiger partial charge on any atom is -0.493 e. The van der Waals surface area contributed by atoms with E-state index in [9.17, 15) is 9.59 Å². The zero-order valence-corrected chi connectivity index (χ0v) is 18.8. The SMILES string of the molecule is COc1ccc(C(=O)Nc2ccc3c(c2)N(CCc2ccccc2)C(=O)C(C)O3)cc1OC. The second-order valence-corrected chi connectivity index (χ2v) is 7.69. The van der Waals surface area contributed by atoms with Crippen LogP contribution >= 0.6 is 0 Å². The summed E-state index contributed by atoms with van der Waals surface area (Å²) in [5, 5.41) is 2.89. The Bertz CT molecular complexity index is 1160. The fraction of sp³-hybridized carbons (Fsp3) is 0.231. The summed E-state index contributed by atoms with van der Waals surface area (Å²) in [5.41, 5.74) is 2.76. The highest BCUT2D eigenvalue weighted by molar-refractivity contribution is 6.06. The number of methoxy groups -OCH3 is 2. The number of carbonyl (C=O) groups is 2. The Balaban J connectivity index is 1.56. The summed E-state index contributed by atoms with van der Waals surface area (Å²) in [5.74, 6) is 1.21. The fourth-order valence-corrected chi connectivity index (χ4v) is 3.78. The van der Waals surface area contributed by atoms with Crippen LogP contribution in [-0.4, -0.2) is 38.7 Å². The molecule has 1 aliphatic rings. The molecule has 33 heavy (non-hydrogen) atoms. The zero-order valence-electron chi connectivity index (χ0n) is 18.8. The molecule has 1 aliphatic heterocycles. The number of rotatable bonds is 7. The molecule has 1 atom stereocenters. The molecule has 0 fully saturated rings. The van der Waals surface area contributed by atoms with Crippen molar-refractivity contribution in [3.05, 3.63) is 77.9 Å². The molecule has 0 saturated carbocycles. The second-order valence-electron chi connectivity index (χ2n) is 7.69. The lowest BCUT2D eigenvalue weighted by Gasteiger charge is -2.33. The number of ether oxygens (including phenoxy) is 3. The van der Waals surface area contributed by atoms with Crippen LogP contribution in [0, 0.1) is 0 Å². The van der Waals surface area contributed by atoms with Crippen LogP contribution in [0.3, 0.4) is 0 Å². The Morgan fingerprint density at radius 1 is 1.00 bits per heavy atom. The quantitative estimate of drug-likeness (QED) is 0.585. The number of hydrogen-bond donors (Lipinski definition) is 1. The molecule has 0 aromatic heterocycles. The van der Waals surface area contributed by atoms with E-state index in [1.54, 1.807) is 55.3 Å². The molecular formula is C26H26N2O5. The Hall–Kier alpha value is -4.00. The Morgan fingerprint density at radius 3 is 2.48 bits per heavy atom. The molecule has 170 valence electrons. The minimum atomic E-state index is -0.569. The van der Waals surface area contributed by atoms with E-state index in [1.165, 1.54) is 7.11 Å². The van der Waals surface area contributed by atoms with Crippen LogP contribution < -0.4 is 24.4 Å². The van der Waals surface area contributed by atoms with E-state index in [-0.39, 0.29) is 11.8 Å². The van der Waals surface area contributed by atoms with E-state index in [0.717, 1.165) is 5.56 Å². The zero-order chi connectivity index (χ0) is 23.4. The summed E-state index contributed by atoms with van der Waals surface area (Å²) < 4.78 is 16.3. The maximum atomic E-state index is 12.9. The van der Waals surface area contributed by atoms with Gasteiger partial charge in [0.1, 0.15) is 5.75 Å². The van der Waals surface area contributed by atoms with Crippen molar-refractivity contribution in [2.24, 2.45) is 0 Å². The highest BCUT2D eigenvalue weighted by Crippen LogP contribution is 2.37. The third-order valence-corrected chi connectivity index (χ3v) is 5.54. The molecule has 0 saturated heterocycles. The van der Waals surface area contributed by atoms with Gasteiger partial charge in [-0.2, -0.15) is 0 Å². The summed E-state index contributed by atoms with van der Waals surface area (Å²) in [4.78, 5) is 27.4. The Morgan fingerprint density at radius 2 is 1.76 bits per heavy atom. The molecule has 0 aliphatic carbocycles. The lowest BCUT2D eigenvalue weighted by atomic mass is 10.1. The van der Waals surface area contributed by atoms with Crippen molar-refractivity contribution in [3.8, 4) is 17.2 Å². The predicted octanol–water partition coefficient (Wildman–Crippen LogP) is 4.31. The number of hydrogen-bond acceptors (Lipinski definition) is 5. The molecule has 3 aromatic carbocycles. The van der Waals surface area contributed by atoms with E-state index in [4.69, 9.17) is 14.2 Å². The third kappa shape index (κ3) is 4.77. The summed E-state index contributed by atoms with van der Waals surface area (Å²) in [6, 6.07) is 20.3. The Kier molecular flexibility index (Phi) is 6.49. The lowest BCUT2D eigenvalue weighted by Crippen LogP contribution is -2.45. The molecular weight excluding hydrogens is 420 g/mol.